The van der Waals surface area contributed by atoms with Crippen LogP contribution in [0.25, 0.3) is 16.6 Å². The molecule has 0 radical (unpaired) electrons. The average Bonchev–Trinajstić information content (AvgIpc) is 3.64. The van der Waals surface area contributed by atoms with Crippen molar-refractivity contribution in [2.75, 3.05) is 13.2 Å². The van der Waals surface area contributed by atoms with Gasteiger partial charge in [-0.15, -0.1) is 0 Å². The summed E-state index contributed by atoms with van der Waals surface area (Å²) in [7, 11) is 0. The number of rotatable bonds is 5. The van der Waals surface area contributed by atoms with Crippen LogP contribution in [-0.2, 0) is 16.1 Å². The Bertz CT molecular complexity index is 1270. The van der Waals surface area contributed by atoms with Crippen molar-refractivity contribution in [3.63, 3.8) is 0 Å². The molecule has 2 atom stereocenters. The first-order valence-electron chi connectivity index (χ1n) is 13.0. The highest BCUT2D eigenvalue weighted by Gasteiger charge is 2.50. The van der Waals surface area contributed by atoms with E-state index in [0.29, 0.717) is 25.4 Å². The van der Waals surface area contributed by atoms with E-state index >= 15 is 0 Å². The normalized spacial score (nSPS) is 24.9. The summed E-state index contributed by atoms with van der Waals surface area (Å²) in [5, 5.41) is 4.32. The zero-order valence-electron chi connectivity index (χ0n) is 20.6. The number of carbonyl (C=O) groups is 2. The molecule has 1 saturated heterocycles. The van der Waals surface area contributed by atoms with Gasteiger partial charge in [0.25, 0.3) is 5.91 Å². The predicted molar refractivity (Wildman–Crippen MR) is 135 cm³/mol. The Kier molecular flexibility index (Phi) is 5.48. The van der Waals surface area contributed by atoms with Crippen molar-refractivity contribution in [2.45, 2.75) is 76.6 Å². The van der Waals surface area contributed by atoms with E-state index in [9.17, 15) is 9.59 Å². The number of aromatic nitrogens is 2. The van der Waals surface area contributed by atoms with Gasteiger partial charge in [0.1, 0.15) is 11.2 Å². The molecule has 1 aromatic carbocycles. The summed E-state index contributed by atoms with van der Waals surface area (Å²) in [6.45, 7) is 5.56. The van der Waals surface area contributed by atoms with Gasteiger partial charge >= 0.3 is 0 Å². The van der Waals surface area contributed by atoms with Crippen LogP contribution in [0.3, 0.4) is 0 Å². The Morgan fingerprint density at radius 3 is 2.63 bits per heavy atom. The number of nitrogens with one attached hydrogen (secondary N) is 1. The van der Waals surface area contributed by atoms with Gasteiger partial charge in [-0.05, 0) is 63.8 Å². The van der Waals surface area contributed by atoms with Gasteiger partial charge in [-0.1, -0.05) is 24.5 Å². The lowest BCUT2D eigenvalue weighted by molar-refractivity contribution is -0.134. The summed E-state index contributed by atoms with van der Waals surface area (Å²) in [4.78, 5) is 30.1. The average molecular weight is 475 g/mol. The van der Waals surface area contributed by atoms with E-state index in [1.54, 1.807) is 4.90 Å². The molecule has 2 amide bonds. The number of hydrogen-bond acceptors (Lipinski definition) is 3. The molecule has 2 aromatic heterocycles. The minimum atomic E-state index is -0.997. The van der Waals surface area contributed by atoms with Crippen molar-refractivity contribution in [1.82, 2.24) is 19.4 Å². The molecule has 184 valence electrons. The van der Waals surface area contributed by atoms with Gasteiger partial charge in [-0.3, -0.25) is 9.59 Å². The maximum atomic E-state index is 14.4. The van der Waals surface area contributed by atoms with E-state index in [-0.39, 0.29) is 24.0 Å². The second-order valence-corrected chi connectivity index (χ2v) is 10.7. The SMILES string of the molecule is Cc1ccc2c(c1)c(-n1cccc1)c1n2C[C@](C)(C(=O)NC2CCCC2)N(C[C@@H]2CCCO2)C1=O. The van der Waals surface area contributed by atoms with Gasteiger partial charge in [0, 0.05) is 37.0 Å². The van der Waals surface area contributed by atoms with Crippen molar-refractivity contribution >= 4 is 22.7 Å². The van der Waals surface area contributed by atoms with E-state index < -0.39 is 5.54 Å². The molecule has 3 aliphatic rings. The molecule has 35 heavy (non-hydrogen) atoms. The third-order valence-electron chi connectivity index (χ3n) is 8.15. The molecule has 0 spiro atoms. The molecule has 6 rings (SSSR count). The molecule has 0 unspecified atom stereocenters. The third-order valence-corrected chi connectivity index (χ3v) is 8.15. The molecule has 3 aromatic rings. The topological polar surface area (TPSA) is 68.5 Å². The van der Waals surface area contributed by atoms with Crippen LogP contribution >= 0.6 is 0 Å². The van der Waals surface area contributed by atoms with Crippen molar-refractivity contribution in [3.05, 3.63) is 54.0 Å². The molecule has 4 heterocycles. The summed E-state index contributed by atoms with van der Waals surface area (Å²) >= 11 is 0. The fraction of sp³-hybridized carbons (Fsp3) is 0.500. The van der Waals surface area contributed by atoms with Gasteiger partial charge in [-0.2, -0.15) is 0 Å². The highest BCUT2D eigenvalue weighted by atomic mass is 16.5. The molecule has 0 bridgehead atoms. The van der Waals surface area contributed by atoms with E-state index in [1.165, 1.54) is 0 Å². The second-order valence-electron chi connectivity index (χ2n) is 10.7. The summed E-state index contributed by atoms with van der Waals surface area (Å²) in [5.74, 6) is -0.161. The molecule has 1 saturated carbocycles. The quantitative estimate of drug-likeness (QED) is 0.603. The summed E-state index contributed by atoms with van der Waals surface area (Å²) in [5.41, 5.74) is 2.66. The molecule has 2 aliphatic heterocycles. The van der Waals surface area contributed by atoms with Crippen LogP contribution in [0.2, 0.25) is 0 Å². The Hall–Kier alpha value is -3.06. The molecular weight excluding hydrogens is 440 g/mol. The maximum Gasteiger partial charge on any atom is 0.273 e. The second kappa shape index (κ2) is 8.55. The summed E-state index contributed by atoms with van der Waals surface area (Å²) < 4.78 is 10.0. The number of amides is 2. The van der Waals surface area contributed by atoms with E-state index in [4.69, 9.17) is 4.74 Å². The Balaban J connectivity index is 1.50. The molecule has 1 N–H and O–H groups in total. The van der Waals surface area contributed by atoms with Crippen LogP contribution in [0.1, 0.15) is 61.5 Å². The van der Waals surface area contributed by atoms with Gasteiger partial charge in [-0.25, -0.2) is 0 Å². The molecule has 7 nitrogen and oxygen atoms in total. The van der Waals surface area contributed by atoms with Gasteiger partial charge in [0.15, 0.2) is 0 Å². The van der Waals surface area contributed by atoms with E-state index in [2.05, 4.69) is 35.0 Å². The number of aryl methyl sites for hydroxylation is 1. The molecule has 2 fully saturated rings. The van der Waals surface area contributed by atoms with Gasteiger partial charge < -0.3 is 24.1 Å². The van der Waals surface area contributed by atoms with Crippen molar-refractivity contribution in [3.8, 4) is 5.69 Å². The molecule has 1 aliphatic carbocycles. The van der Waals surface area contributed by atoms with Crippen LogP contribution in [-0.4, -0.2) is 56.7 Å². The minimum Gasteiger partial charge on any atom is -0.376 e. The highest BCUT2D eigenvalue weighted by Crippen LogP contribution is 2.39. The Morgan fingerprint density at radius 1 is 1.14 bits per heavy atom. The Labute approximate surface area is 206 Å². The standard InChI is InChI=1S/C28H34N4O3/c1-19-11-12-23-22(16-19)24(30-13-5-6-14-30)25-26(33)32(17-21-10-7-15-35-21)28(2,18-31(23)25)27(34)29-20-8-3-4-9-20/h5-6,11-14,16,20-21H,3-4,7-10,15,17-18H2,1-2H3,(H,29,34)/t21-,28+/m0/s1. The van der Waals surface area contributed by atoms with E-state index in [1.807, 2.05) is 36.0 Å². The number of ether oxygens (including phenoxy) is 1. The number of hydrogen-bond donors (Lipinski definition) is 1. The lowest BCUT2D eigenvalue weighted by Gasteiger charge is -2.45. The number of nitrogens with zero attached hydrogens (tertiary/aromatic N) is 3. The van der Waals surface area contributed by atoms with Crippen LogP contribution < -0.4 is 5.32 Å². The van der Waals surface area contributed by atoms with Gasteiger partial charge in [0.2, 0.25) is 5.91 Å². The number of fused-ring (bicyclic) bond motifs is 3. The van der Waals surface area contributed by atoms with Crippen LogP contribution in [0.4, 0.5) is 0 Å². The lowest BCUT2D eigenvalue weighted by atomic mass is 9.93. The first kappa shape index (κ1) is 22.4. The number of carbonyl (C=O) groups excluding carboxylic acids is 2. The summed E-state index contributed by atoms with van der Waals surface area (Å²) in [6, 6.07) is 10.4. The minimum absolute atomic E-state index is 0.0363. The number of benzene rings is 1. The van der Waals surface area contributed by atoms with Crippen molar-refractivity contribution in [1.29, 1.82) is 0 Å². The maximum absolute atomic E-state index is 14.4. The van der Waals surface area contributed by atoms with E-state index in [0.717, 1.165) is 60.7 Å². The van der Waals surface area contributed by atoms with Crippen LogP contribution in [0, 0.1) is 6.92 Å². The van der Waals surface area contributed by atoms with Gasteiger partial charge in [0.05, 0.1) is 23.9 Å². The first-order chi connectivity index (χ1) is 17.0. The van der Waals surface area contributed by atoms with Crippen molar-refractivity contribution in [2.24, 2.45) is 0 Å². The fourth-order valence-electron chi connectivity index (χ4n) is 6.20. The first-order valence-corrected chi connectivity index (χ1v) is 13.0. The monoisotopic (exact) mass is 474 g/mol. The highest BCUT2D eigenvalue weighted by molar-refractivity contribution is 6.09. The predicted octanol–water partition coefficient (Wildman–Crippen LogP) is 4.19. The lowest BCUT2D eigenvalue weighted by Crippen LogP contribution is -2.66. The smallest absolute Gasteiger partial charge is 0.273 e. The van der Waals surface area contributed by atoms with Crippen LogP contribution in [0.5, 0.6) is 0 Å². The zero-order chi connectivity index (χ0) is 24.2. The summed E-state index contributed by atoms with van der Waals surface area (Å²) in [6.07, 6.45) is 10.1. The van der Waals surface area contributed by atoms with Crippen LogP contribution in [0.15, 0.2) is 42.7 Å². The van der Waals surface area contributed by atoms with Crippen molar-refractivity contribution < 1.29 is 14.3 Å². The Morgan fingerprint density at radius 2 is 1.91 bits per heavy atom. The molecule has 7 heteroatoms. The third kappa shape index (κ3) is 3.68. The largest absolute Gasteiger partial charge is 0.376 e. The zero-order valence-corrected chi connectivity index (χ0v) is 20.6. The fourth-order valence-corrected chi connectivity index (χ4v) is 6.20. The molecular formula is C28H34N4O3.